The lowest BCUT2D eigenvalue weighted by molar-refractivity contribution is -0.384. The van der Waals surface area contributed by atoms with Crippen molar-refractivity contribution < 1.29 is 19.2 Å². The molecule has 38 heavy (non-hydrogen) atoms. The van der Waals surface area contributed by atoms with Crippen LogP contribution in [-0.2, 0) is 9.53 Å². The van der Waals surface area contributed by atoms with Crippen LogP contribution >= 0.6 is 11.3 Å². The number of hydrogen-bond donors (Lipinski definition) is 0. The van der Waals surface area contributed by atoms with Crippen LogP contribution in [-0.4, -0.2) is 42.8 Å². The Labute approximate surface area is 222 Å². The lowest BCUT2D eigenvalue weighted by Crippen LogP contribution is -2.39. The first-order chi connectivity index (χ1) is 18.2. The Morgan fingerprint density at radius 2 is 1.89 bits per heavy atom. The summed E-state index contributed by atoms with van der Waals surface area (Å²) in [6, 6.07) is 11.0. The van der Waals surface area contributed by atoms with E-state index in [2.05, 4.69) is 4.99 Å². The smallest absolute Gasteiger partial charge is 0.338 e. The molecule has 0 aliphatic carbocycles. The van der Waals surface area contributed by atoms with E-state index in [1.54, 1.807) is 38.1 Å². The van der Waals surface area contributed by atoms with Gasteiger partial charge in [-0.05, 0) is 50.6 Å². The van der Waals surface area contributed by atoms with Crippen molar-refractivity contribution in [3.8, 4) is 5.75 Å². The maximum atomic E-state index is 13.8. The van der Waals surface area contributed by atoms with Gasteiger partial charge in [-0.25, -0.2) is 9.79 Å². The van der Waals surface area contributed by atoms with Crippen LogP contribution in [0.25, 0.3) is 6.08 Å². The Kier molecular flexibility index (Phi) is 7.77. The van der Waals surface area contributed by atoms with Crippen LogP contribution in [0.4, 0.5) is 11.4 Å². The van der Waals surface area contributed by atoms with Gasteiger partial charge in [0.1, 0.15) is 5.75 Å². The second-order valence-corrected chi connectivity index (χ2v) is 9.71. The van der Waals surface area contributed by atoms with E-state index in [1.807, 2.05) is 38.1 Å². The van der Waals surface area contributed by atoms with Gasteiger partial charge in [-0.15, -0.1) is 0 Å². The fourth-order valence-electron chi connectivity index (χ4n) is 4.34. The largest absolute Gasteiger partial charge is 0.494 e. The molecule has 1 aliphatic rings. The summed E-state index contributed by atoms with van der Waals surface area (Å²) in [4.78, 5) is 44.6. The average Bonchev–Trinajstić information content (AvgIpc) is 3.18. The van der Waals surface area contributed by atoms with Crippen LogP contribution in [0.1, 0.15) is 37.9 Å². The molecule has 0 N–H and O–H groups in total. The molecule has 2 aromatic carbocycles. The molecule has 11 heteroatoms. The number of carbonyl (C=O) groups excluding carboxylic acids is 1. The number of carbonyl (C=O) groups is 1. The van der Waals surface area contributed by atoms with E-state index in [0.29, 0.717) is 44.2 Å². The van der Waals surface area contributed by atoms with Gasteiger partial charge in [0.25, 0.3) is 11.2 Å². The highest BCUT2D eigenvalue weighted by Crippen LogP contribution is 2.32. The normalized spacial score (nSPS) is 15.1. The number of ether oxygens (including phenoxy) is 2. The molecule has 4 rings (SSSR count). The van der Waals surface area contributed by atoms with Gasteiger partial charge < -0.3 is 14.4 Å². The first-order valence-corrected chi connectivity index (χ1v) is 12.9. The van der Waals surface area contributed by atoms with Crippen molar-refractivity contribution in [2.75, 3.05) is 32.2 Å². The van der Waals surface area contributed by atoms with Gasteiger partial charge in [0.15, 0.2) is 4.80 Å². The van der Waals surface area contributed by atoms with Crippen LogP contribution in [0.15, 0.2) is 63.5 Å². The fraction of sp³-hybridized carbons (Fsp3) is 0.296. The van der Waals surface area contributed by atoms with Crippen molar-refractivity contribution in [2.45, 2.75) is 26.8 Å². The van der Waals surface area contributed by atoms with Crippen LogP contribution in [0.2, 0.25) is 0 Å². The average molecular weight is 537 g/mol. The number of aromatic nitrogens is 1. The molecule has 1 aromatic heterocycles. The predicted molar refractivity (Wildman–Crippen MR) is 145 cm³/mol. The standard InChI is InChI=1S/C27H28N4O6S/c1-6-36-20-11-8-17(9-12-20)24-23(26(33)37-7-2)16(3)28-27-30(24)25(32)22(38-27)15-18-14-19(31(34)35)10-13-21(18)29(4)5/h8-15,24H,6-7H2,1-5H3/b22-15+/t24-/m1/s1. The van der Waals surface area contributed by atoms with Crippen molar-refractivity contribution in [3.05, 3.63) is 94.7 Å². The maximum Gasteiger partial charge on any atom is 0.338 e. The van der Waals surface area contributed by atoms with Crippen LogP contribution in [0.5, 0.6) is 5.75 Å². The number of non-ortho nitro benzene ring substituents is 1. The number of benzene rings is 2. The Hall–Kier alpha value is -4.25. The Morgan fingerprint density at radius 1 is 1.18 bits per heavy atom. The second-order valence-electron chi connectivity index (χ2n) is 8.70. The summed E-state index contributed by atoms with van der Waals surface area (Å²) in [5, 5.41) is 11.4. The summed E-state index contributed by atoms with van der Waals surface area (Å²) in [6.07, 6.45) is 1.63. The molecule has 0 saturated heterocycles. The molecule has 1 aliphatic heterocycles. The van der Waals surface area contributed by atoms with E-state index in [-0.39, 0.29) is 23.4 Å². The summed E-state index contributed by atoms with van der Waals surface area (Å²) in [5.41, 5.74) is 2.23. The van der Waals surface area contributed by atoms with E-state index < -0.39 is 16.9 Å². The van der Waals surface area contributed by atoms with E-state index in [1.165, 1.54) is 16.7 Å². The van der Waals surface area contributed by atoms with Crippen molar-refractivity contribution in [2.24, 2.45) is 4.99 Å². The highest BCUT2D eigenvalue weighted by Gasteiger charge is 2.33. The third-order valence-electron chi connectivity index (χ3n) is 6.01. The Bertz CT molecular complexity index is 1600. The molecule has 198 valence electrons. The maximum absolute atomic E-state index is 13.8. The SMILES string of the molecule is CCOC(=O)C1=C(C)N=c2s/c(=C/c3cc([N+](=O)[O-])ccc3N(C)C)c(=O)n2[C@@H]1c1ccc(OCC)cc1. The summed E-state index contributed by atoms with van der Waals surface area (Å²) < 4.78 is 12.7. The van der Waals surface area contributed by atoms with Crippen molar-refractivity contribution >= 4 is 34.8 Å². The summed E-state index contributed by atoms with van der Waals surface area (Å²) in [5.74, 6) is 0.124. The van der Waals surface area contributed by atoms with Crippen LogP contribution in [0, 0.1) is 10.1 Å². The Morgan fingerprint density at radius 3 is 2.50 bits per heavy atom. The molecule has 1 atom stereocenters. The monoisotopic (exact) mass is 536 g/mol. The van der Waals surface area contributed by atoms with E-state index in [0.717, 1.165) is 11.3 Å². The number of esters is 1. The molecule has 0 bridgehead atoms. The molecule has 0 radical (unpaired) electrons. The van der Waals surface area contributed by atoms with Crippen molar-refractivity contribution in [1.29, 1.82) is 0 Å². The lowest BCUT2D eigenvalue weighted by atomic mass is 9.96. The number of allylic oxidation sites excluding steroid dienone is 1. The summed E-state index contributed by atoms with van der Waals surface area (Å²) >= 11 is 1.16. The first-order valence-electron chi connectivity index (χ1n) is 12.0. The number of nitro groups is 1. The van der Waals surface area contributed by atoms with Crippen LogP contribution < -0.4 is 24.5 Å². The topological polar surface area (TPSA) is 116 Å². The van der Waals surface area contributed by atoms with Gasteiger partial charge in [0, 0.05) is 37.5 Å². The van der Waals surface area contributed by atoms with Crippen molar-refractivity contribution in [1.82, 2.24) is 4.57 Å². The van der Waals surface area contributed by atoms with Gasteiger partial charge in [0.2, 0.25) is 0 Å². The highest BCUT2D eigenvalue weighted by atomic mass is 32.1. The quantitative estimate of drug-likeness (QED) is 0.247. The number of nitrogens with zero attached hydrogens (tertiary/aromatic N) is 4. The van der Waals surface area contributed by atoms with E-state index in [4.69, 9.17) is 9.47 Å². The molecular weight excluding hydrogens is 508 g/mol. The highest BCUT2D eigenvalue weighted by molar-refractivity contribution is 7.07. The summed E-state index contributed by atoms with van der Waals surface area (Å²) in [7, 11) is 3.64. The first kappa shape index (κ1) is 26.8. The third kappa shape index (κ3) is 5.10. The zero-order valence-corrected chi connectivity index (χ0v) is 22.6. The lowest BCUT2D eigenvalue weighted by Gasteiger charge is -2.24. The van der Waals surface area contributed by atoms with E-state index in [9.17, 15) is 19.7 Å². The predicted octanol–water partition coefficient (Wildman–Crippen LogP) is 3.17. The van der Waals surface area contributed by atoms with Gasteiger partial charge in [-0.2, -0.15) is 0 Å². The molecule has 3 aromatic rings. The van der Waals surface area contributed by atoms with Gasteiger partial charge in [0.05, 0.1) is 40.0 Å². The molecule has 0 spiro atoms. The zero-order chi connectivity index (χ0) is 27.6. The molecule has 2 heterocycles. The molecule has 0 fully saturated rings. The number of anilines is 1. The molecule has 0 unspecified atom stereocenters. The van der Waals surface area contributed by atoms with Crippen molar-refractivity contribution in [3.63, 3.8) is 0 Å². The van der Waals surface area contributed by atoms with Gasteiger partial charge >= 0.3 is 5.97 Å². The van der Waals surface area contributed by atoms with Crippen LogP contribution in [0.3, 0.4) is 0 Å². The number of nitro benzene ring substituents is 1. The molecule has 10 nitrogen and oxygen atoms in total. The molecule has 0 saturated carbocycles. The van der Waals surface area contributed by atoms with E-state index >= 15 is 0 Å². The summed E-state index contributed by atoms with van der Waals surface area (Å²) in [6.45, 7) is 6.01. The minimum atomic E-state index is -0.762. The molecular formula is C27H28N4O6S. The fourth-order valence-corrected chi connectivity index (χ4v) is 5.38. The minimum Gasteiger partial charge on any atom is -0.494 e. The third-order valence-corrected chi connectivity index (χ3v) is 7.00. The number of hydrogen-bond acceptors (Lipinski definition) is 9. The van der Waals surface area contributed by atoms with Gasteiger partial charge in [-0.1, -0.05) is 23.5 Å². The minimum absolute atomic E-state index is 0.0812. The number of thiazole rings is 1. The zero-order valence-electron chi connectivity index (χ0n) is 21.8. The van der Waals surface area contributed by atoms with Gasteiger partial charge in [-0.3, -0.25) is 19.5 Å². The number of rotatable bonds is 8. The molecule has 0 amide bonds. The Balaban J connectivity index is 1.95. The number of fused-ring (bicyclic) bond motifs is 1. The second kappa shape index (κ2) is 11.0.